The predicted octanol–water partition coefficient (Wildman–Crippen LogP) is 0.598. The lowest BCUT2D eigenvalue weighted by molar-refractivity contribution is 0.448. The summed E-state index contributed by atoms with van der Waals surface area (Å²) in [5.41, 5.74) is 6.60. The van der Waals surface area contributed by atoms with Crippen molar-refractivity contribution in [2.24, 2.45) is 22.7 Å². The van der Waals surface area contributed by atoms with Crippen LogP contribution >= 0.6 is 0 Å². The number of hydrogen-bond acceptors (Lipinski definition) is 2. The van der Waals surface area contributed by atoms with Crippen LogP contribution in [0.15, 0.2) is 5.10 Å². The Morgan fingerprint density at radius 3 is 2.75 bits per heavy atom. The van der Waals surface area contributed by atoms with Gasteiger partial charge in [-0.05, 0) is 18.8 Å². The van der Waals surface area contributed by atoms with Gasteiger partial charge in [-0.1, -0.05) is 6.92 Å². The van der Waals surface area contributed by atoms with Gasteiger partial charge in [0.05, 0.1) is 6.54 Å². The molecule has 2 rings (SSSR count). The molecule has 4 heteroatoms. The molecule has 0 aromatic rings. The molecule has 1 atom stereocenters. The first kappa shape index (κ1) is 7.58. The molecule has 0 saturated heterocycles. The van der Waals surface area contributed by atoms with Gasteiger partial charge in [0.2, 0.25) is 5.96 Å². The average Bonchev–Trinajstić information content (AvgIpc) is 2.75. The van der Waals surface area contributed by atoms with Crippen molar-refractivity contribution in [1.82, 2.24) is 5.01 Å². The Labute approximate surface area is 71.9 Å². The van der Waals surface area contributed by atoms with Crippen molar-refractivity contribution >= 4 is 11.7 Å². The molecule has 0 bridgehead atoms. The minimum atomic E-state index is 0.0671. The summed E-state index contributed by atoms with van der Waals surface area (Å²) in [6.07, 6.45) is 2.55. The van der Waals surface area contributed by atoms with E-state index < -0.39 is 0 Å². The molecule has 1 saturated carbocycles. The highest BCUT2D eigenvalue weighted by Crippen LogP contribution is 2.35. The van der Waals surface area contributed by atoms with Crippen molar-refractivity contribution in [2.45, 2.75) is 19.8 Å². The quantitative estimate of drug-likeness (QED) is 0.442. The predicted molar refractivity (Wildman–Crippen MR) is 47.9 cm³/mol. The largest absolute Gasteiger partial charge is 0.369 e. The molecule has 1 aliphatic carbocycles. The summed E-state index contributed by atoms with van der Waals surface area (Å²) in [6, 6.07) is 0. The molecule has 66 valence electrons. The Morgan fingerprint density at radius 1 is 1.67 bits per heavy atom. The summed E-state index contributed by atoms with van der Waals surface area (Å²) >= 11 is 0. The molecule has 1 aliphatic heterocycles. The monoisotopic (exact) mass is 166 g/mol. The molecule has 3 N–H and O–H groups in total. The second kappa shape index (κ2) is 2.47. The van der Waals surface area contributed by atoms with Crippen molar-refractivity contribution in [3.63, 3.8) is 0 Å². The number of guanidine groups is 1. The van der Waals surface area contributed by atoms with Gasteiger partial charge in [0.1, 0.15) is 0 Å². The SMILES string of the molecule is CC1CN(C(=N)N)N=C1C1CC1. The highest BCUT2D eigenvalue weighted by atomic mass is 15.5. The van der Waals surface area contributed by atoms with E-state index >= 15 is 0 Å². The maximum Gasteiger partial charge on any atom is 0.209 e. The molecule has 2 aliphatic rings. The molecule has 0 amide bonds. The number of hydrazone groups is 1. The van der Waals surface area contributed by atoms with E-state index in [4.69, 9.17) is 11.1 Å². The van der Waals surface area contributed by atoms with Gasteiger partial charge >= 0.3 is 0 Å². The van der Waals surface area contributed by atoms with E-state index in [1.54, 1.807) is 5.01 Å². The smallest absolute Gasteiger partial charge is 0.209 e. The topological polar surface area (TPSA) is 65.5 Å². The van der Waals surface area contributed by atoms with Crippen LogP contribution in [-0.2, 0) is 0 Å². The number of nitrogens with one attached hydrogen (secondary N) is 1. The molecule has 1 unspecified atom stereocenters. The molecule has 0 spiro atoms. The summed E-state index contributed by atoms with van der Waals surface area (Å²) in [4.78, 5) is 0. The van der Waals surface area contributed by atoms with Crippen LogP contribution in [0.3, 0.4) is 0 Å². The van der Waals surface area contributed by atoms with Crippen molar-refractivity contribution in [3.05, 3.63) is 0 Å². The van der Waals surface area contributed by atoms with E-state index in [9.17, 15) is 0 Å². The Hall–Kier alpha value is -1.06. The highest BCUT2D eigenvalue weighted by Gasteiger charge is 2.35. The first-order valence-corrected chi connectivity index (χ1v) is 4.38. The van der Waals surface area contributed by atoms with Crippen molar-refractivity contribution in [3.8, 4) is 0 Å². The summed E-state index contributed by atoms with van der Waals surface area (Å²) in [6.45, 7) is 2.95. The third kappa shape index (κ3) is 1.17. The molecule has 1 heterocycles. The van der Waals surface area contributed by atoms with Crippen molar-refractivity contribution in [1.29, 1.82) is 5.41 Å². The van der Waals surface area contributed by atoms with Crippen LogP contribution in [0.1, 0.15) is 19.8 Å². The van der Waals surface area contributed by atoms with Gasteiger partial charge in [-0.15, -0.1) is 0 Å². The zero-order valence-corrected chi connectivity index (χ0v) is 7.25. The summed E-state index contributed by atoms with van der Waals surface area (Å²) in [5.74, 6) is 1.25. The van der Waals surface area contributed by atoms with Crippen LogP contribution in [-0.4, -0.2) is 23.2 Å². The van der Waals surface area contributed by atoms with Crippen LogP contribution in [0.4, 0.5) is 0 Å². The summed E-state index contributed by atoms with van der Waals surface area (Å²) in [7, 11) is 0. The fraction of sp³-hybridized carbons (Fsp3) is 0.750. The standard InChI is InChI=1S/C8H14N4/c1-5-4-12(8(9)10)11-7(5)6-2-3-6/h5-6H,2-4H2,1H3,(H3,9,10). The van der Waals surface area contributed by atoms with E-state index in [2.05, 4.69) is 12.0 Å². The Balaban J connectivity index is 2.10. The van der Waals surface area contributed by atoms with Crippen LogP contribution in [0.25, 0.3) is 0 Å². The van der Waals surface area contributed by atoms with Crippen LogP contribution in [0.2, 0.25) is 0 Å². The molecule has 4 nitrogen and oxygen atoms in total. The first-order chi connectivity index (χ1) is 5.68. The highest BCUT2D eigenvalue weighted by molar-refractivity contribution is 5.93. The molecule has 0 aromatic carbocycles. The minimum absolute atomic E-state index is 0.0671. The van der Waals surface area contributed by atoms with E-state index in [-0.39, 0.29) is 5.96 Å². The number of hydrogen-bond donors (Lipinski definition) is 2. The number of nitrogens with two attached hydrogens (primary N) is 1. The summed E-state index contributed by atoms with van der Waals surface area (Å²) < 4.78 is 0. The lowest BCUT2D eigenvalue weighted by Gasteiger charge is -2.10. The van der Waals surface area contributed by atoms with Crippen molar-refractivity contribution in [2.75, 3.05) is 6.54 Å². The number of rotatable bonds is 1. The maximum atomic E-state index is 7.23. The Bertz CT molecular complexity index is 241. The molecule has 0 aromatic heterocycles. The van der Waals surface area contributed by atoms with Crippen LogP contribution < -0.4 is 5.73 Å². The van der Waals surface area contributed by atoms with Gasteiger partial charge < -0.3 is 5.73 Å². The average molecular weight is 166 g/mol. The Morgan fingerprint density at radius 2 is 2.33 bits per heavy atom. The fourth-order valence-electron chi connectivity index (χ4n) is 1.65. The summed E-state index contributed by atoms with van der Waals surface area (Å²) in [5, 5.41) is 13.2. The third-order valence-corrected chi connectivity index (χ3v) is 2.46. The number of nitrogens with zero attached hydrogens (tertiary/aromatic N) is 2. The van der Waals surface area contributed by atoms with Gasteiger partial charge in [0.15, 0.2) is 0 Å². The molecule has 12 heavy (non-hydrogen) atoms. The zero-order chi connectivity index (χ0) is 8.72. The van der Waals surface area contributed by atoms with E-state index in [1.807, 2.05) is 0 Å². The van der Waals surface area contributed by atoms with Gasteiger partial charge in [0.25, 0.3) is 0 Å². The Kier molecular flexibility index (Phi) is 1.56. The second-order valence-electron chi connectivity index (χ2n) is 3.67. The molecule has 1 fully saturated rings. The van der Waals surface area contributed by atoms with Gasteiger partial charge in [0, 0.05) is 11.6 Å². The zero-order valence-electron chi connectivity index (χ0n) is 7.25. The normalized spacial score (nSPS) is 28.9. The maximum absolute atomic E-state index is 7.23. The minimum Gasteiger partial charge on any atom is -0.369 e. The van der Waals surface area contributed by atoms with Crippen LogP contribution in [0.5, 0.6) is 0 Å². The third-order valence-electron chi connectivity index (χ3n) is 2.46. The molecular weight excluding hydrogens is 152 g/mol. The van der Waals surface area contributed by atoms with Gasteiger partial charge in [-0.25, -0.2) is 5.01 Å². The lowest BCUT2D eigenvalue weighted by Crippen LogP contribution is -2.31. The molecule has 0 radical (unpaired) electrons. The van der Waals surface area contributed by atoms with Crippen LogP contribution in [0, 0.1) is 17.2 Å². The first-order valence-electron chi connectivity index (χ1n) is 4.38. The second-order valence-corrected chi connectivity index (χ2v) is 3.67. The lowest BCUT2D eigenvalue weighted by atomic mass is 10.0. The van der Waals surface area contributed by atoms with Gasteiger partial charge in [-0.2, -0.15) is 5.10 Å². The van der Waals surface area contributed by atoms with E-state index in [0.29, 0.717) is 11.8 Å². The fourth-order valence-corrected chi connectivity index (χ4v) is 1.65. The van der Waals surface area contributed by atoms with Crippen molar-refractivity contribution < 1.29 is 0 Å². The van der Waals surface area contributed by atoms with E-state index in [0.717, 1.165) is 6.54 Å². The van der Waals surface area contributed by atoms with Gasteiger partial charge in [-0.3, -0.25) is 5.41 Å². The van der Waals surface area contributed by atoms with E-state index in [1.165, 1.54) is 18.6 Å². The molecular formula is C8H14N4.